The van der Waals surface area contributed by atoms with Crippen LogP contribution >= 0.6 is 0 Å². The molecule has 11 heavy (non-hydrogen) atoms. The molecule has 1 aliphatic heterocycles. The number of hydrogen-bond acceptors (Lipinski definition) is 3. The van der Waals surface area contributed by atoms with E-state index in [-0.39, 0.29) is 6.04 Å². The first kappa shape index (κ1) is 8.68. The summed E-state index contributed by atoms with van der Waals surface area (Å²) in [6.45, 7) is 3.93. The van der Waals surface area contributed by atoms with Crippen LogP contribution in [-0.2, 0) is 4.79 Å². The summed E-state index contributed by atoms with van der Waals surface area (Å²) in [4.78, 5) is 10.4. The lowest BCUT2D eigenvalue weighted by atomic mass is 10.2. The molecule has 1 rings (SSSR count). The second kappa shape index (κ2) is 4.46. The number of carbonyl (C=O) groups is 1. The van der Waals surface area contributed by atoms with E-state index < -0.39 is 0 Å². The maximum absolute atomic E-state index is 10.4. The van der Waals surface area contributed by atoms with Gasteiger partial charge in [0.1, 0.15) is 6.29 Å². The molecule has 0 bridgehead atoms. The summed E-state index contributed by atoms with van der Waals surface area (Å²) >= 11 is 0. The zero-order chi connectivity index (χ0) is 8.10. The molecule has 1 aliphatic rings. The zero-order valence-electron chi connectivity index (χ0n) is 7.05. The van der Waals surface area contributed by atoms with E-state index in [4.69, 9.17) is 0 Å². The van der Waals surface area contributed by atoms with Gasteiger partial charge in [0, 0.05) is 13.1 Å². The van der Waals surface area contributed by atoms with E-state index in [0.717, 1.165) is 19.4 Å². The number of aldehydes is 1. The van der Waals surface area contributed by atoms with Crippen LogP contribution in [-0.4, -0.2) is 30.4 Å². The molecule has 1 heterocycles. The number of rotatable bonds is 2. The van der Waals surface area contributed by atoms with E-state index >= 15 is 0 Å². The third kappa shape index (κ3) is 2.60. The van der Waals surface area contributed by atoms with Gasteiger partial charge in [-0.1, -0.05) is 6.42 Å². The maximum atomic E-state index is 10.4. The topological polar surface area (TPSA) is 32.3 Å². The van der Waals surface area contributed by atoms with Crippen molar-refractivity contribution in [1.29, 1.82) is 0 Å². The average Bonchev–Trinajstić information content (AvgIpc) is 2.30. The molecule has 0 aliphatic carbocycles. The summed E-state index contributed by atoms with van der Waals surface area (Å²) in [6, 6.07) is 0.0214. The van der Waals surface area contributed by atoms with Crippen molar-refractivity contribution in [1.82, 2.24) is 10.4 Å². The molecule has 0 radical (unpaired) electrons. The number of hydrazine groups is 1. The van der Waals surface area contributed by atoms with E-state index in [1.54, 1.807) is 0 Å². The van der Waals surface area contributed by atoms with Crippen molar-refractivity contribution in [3.63, 3.8) is 0 Å². The van der Waals surface area contributed by atoms with Gasteiger partial charge < -0.3 is 4.79 Å². The standard InChI is InChI=1S/C8H16N2O/c1-8(7-11)10-6-4-2-3-5-9-10/h7-9H,2-6H2,1H3. The average molecular weight is 156 g/mol. The molecule has 0 saturated carbocycles. The Hall–Kier alpha value is -0.410. The molecular weight excluding hydrogens is 140 g/mol. The molecule has 3 heteroatoms. The number of carbonyl (C=O) groups excluding carboxylic acids is 1. The lowest BCUT2D eigenvalue weighted by Gasteiger charge is -2.23. The Morgan fingerprint density at radius 1 is 1.45 bits per heavy atom. The normalized spacial score (nSPS) is 24.1. The number of nitrogens with zero attached hydrogens (tertiary/aromatic N) is 1. The largest absolute Gasteiger partial charge is 0.302 e. The van der Waals surface area contributed by atoms with Crippen molar-refractivity contribution in [2.45, 2.75) is 32.2 Å². The second-order valence-corrected chi connectivity index (χ2v) is 3.04. The summed E-state index contributed by atoms with van der Waals surface area (Å²) in [6.07, 6.45) is 4.68. The highest BCUT2D eigenvalue weighted by molar-refractivity contribution is 5.56. The molecule has 0 aromatic heterocycles. The number of nitrogens with one attached hydrogen (secondary N) is 1. The van der Waals surface area contributed by atoms with E-state index in [2.05, 4.69) is 5.43 Å². The molecule has 1 N–H and O–H groups in total. The lowest BCUT2D eigenvalue weighted by Crippen LogP contribution is -2.44. The van der Waals surface area contributed by atoms with Gasteiger partial charge in [0.15, 0.2) is 0 Å². The predicted molar refractivity (Wildman–Crippen MR) is 44.1 cm³/mol. The predicted octanol–water partition coefficient (Wildman–Crippen LogP) is 0.564. The van der Waals surface area contributed by atoms with Gasteiger partial charge in [0.05, 0.1) is 6.04 Å². The smallest absolute Gasteiger partial charge is 0.138 e. The Morgan fingerprint density at radius 3 is 3.00 bits per heavy atom. The molecule has 0 spiro atoms. The quantitative estimate of drug-likeness (QED) is 0.593. The molecule has 1 fully saturated rings. The molecule has 1 atom stereocenters. The van der Waals surface area contributed by atoms with Gasteiger partial charge >= 0.3 is 0 Å². The van der Waals surface area contributed by atoms with Crippen LogP contribution in [0, 0.1) is 0 Å². The SMILES string of the molecule is CC(C=O)N1CCCCCN1. The van der Waals surface area contributed by atoms with Gasteiger partial charge in [-0.3, -0.25) is 5.43 Å². The van der Waals surface area contributed by atoms with Crippen LogP contribution < -0.4 is 5.43 Å². The first-order valence-electron chi connectivity index (χ1n) is 4.30. The molecule has 0 amide bonds. The zero-order valence-corrected chi connectivity index (χ0v) is 7.05. The van der Waals surface area contributed by atoms with E-state index in [1.165, 1.54) is 19.3 Å². The third-order valence-corrected chi connectivity index (χ3v) is 2.08. The Morgan fingerprint density at radius 2 is 2.27 bits per heavy atom. The van der Waals surface area contributed by atoms with E-state index in [1.807, 2.05) is 11.9 Å². The highest BCUT2D eigenvalue weighted by Crippen LogP contribution is 2.03. The summed E-state index contributed by atoms with van der Waals surface area (Å²) in [5.41, 5.74) is 3.23. The Kier molecular flexibility index (Phi) is 3.52. The van der Waals surface area contributed by atoms with Gasteiger partial charge in [0.25, 0.3) is 0 Å². The van der Waals surface area contributed by atoms with Crippen LogP contribution in [0.3, 0.4) is 0 Å². The van der Waals surface area contributed by atoms with Crippen molar-refractivity contribution in [2.24, 2.45) is 0 Å². The van der Waals surface area contributed by atoms with Gasteiger partial charge in [-0.15, -0.1) is 0 Å². The van der Waals surface area contributed by atoms with Crippen molar-refractivity contribution < 1.29 is 4.79 Å². The minimum absolute atomic E-state index is 0.0214. The minimum Gasteiger partial charge on any atom is -0.302 e. The molecule has 1 saturated heterocycles. The Balaban J connectivity index is 2.35. The van der Waals surface area contributed by atoms with Crippen LogP contribution in [0.5, 0.6) is 0 Å². The van der Waals surface area contributed by atoms with Crippen LogP contribution in [0.1, 0.15) is 26.2 Å². The van der Waals surface area contributed by atoms with Gasteiger partial charge in [-0.05, 0) is 19.8 Å². The molecule has 1 unspecified atom stereocenters. The molecule has 64 valence electrons. The molecule has 0 aromatic carbocycles. The fourth-order valence-electron chi connectivity index (χ4n) is 1.31. The van der Waals surface area contributed by atoms with Crippen LogP contribution in [0.2, 0.25) is 0 Å². The second-order valence-electron chi connectivity index (χ2n) is 3.04. The number of hydrogen-bond donors (Lipinski definition) is 1. The highest BCUT2D eigenvalue weighted by Gasteiger charge is 2.13. The van der Waals surface area contributed by atoms with Gasteiger partial charge in [0.2, 0.25) is 0 Å². The van der Waals surface area contributed by atoms with Crippen molar-refractivity contribution in [3.8, 4) is 0 Å². The first-order chi connectivity index (χ1) is 5.34. The van der Waals surface area contributed by atoms with Crippen molar-refractivity contribution in [3.05, 3.63) is 0 Å². The van der Waals surface area contributed by atoms with Crippen molar-refractivity contribution >= 4 is 6.29 Å². The maximum Gasteiger partial charge on any atom is 0.138 e. The van der Waals surface area contributed by atoms with Crippen LogP contribution in [0.15, 0.2) is 0 Å². The van der Waals surface area contributed by atoms with Gasteiger partial charge in [-0.2, -0.15) is 0 Å². The highest BCUT2D eigenvalue weighted by atomic mass is 16.1. The summed E-state index contributed by atoms with van der Waals surface area (Å²) in [7, 11) is 0. The summed E-state index contributed by atoms with van der Waals surface area (Å²) in [5.74, 6) is 0. The van der Waals surface area contributed by atoms with E-state index in [9.17, 15) is 4.79 Å². The van der Waals surface area contributed by atoms with E-state index in [0.29, 0.717) is 0 Å². The molecule has 0 aromatic rings. The summed E-state index contributed by atoms with van der Waals surface area (Å²) in [5, 5.41) is 2.03. The lowest BCUT2D eigenvalue weighted by molar-refractivity contribution is -0.112. The van der Waals surface area contributed by atoms with Gasteiger partial charge in [-0.25, -0.2) is 5.01 Å². The fraction of sp³-hybridized carbons (Fsp3) is 0.875. The van der Waals surface area contributed by atoms with Crippen LogP contribution in [0.25, 0.3) is 0 Å². The molecular formula is C8H16N2O. The monoisotopic (exact) mass is 156 g/mol. The fourth-order valence-corrected chi connectivity index (χ4v) is 1.31. The summed E-state index contributed by atoms with van der Waals surface area (Å²) < 4.78 is 0. The van der Waals surface area contributed by atoms with Crippen molar-refractivity contribution in [2.75, 3.05) is 13.1 Å². The molecule has 3 nitrogen and oxygen atoms in total. The van der Waals surface area contributed by atoms with Crippen LogP contribution in [0.4, 0.5) is 0 Å². The first-order valence-corrected chi connectivity index (χ1v) is 4.30. The minimum atomic E-state index is 0.0214. The Labute approximate surface area is 67.7 Å². The Bertz CT molecular complexity index is 119. The third-order valence-electron chi connectivity index (χ3n) is 2.08.